The van der Waals surface area contributed by atoms with Crippen molar-refractivity contribution in [3.63, 3.8) is 0 Å². The Morgan fingerprint density at radius 1 is 1.23 bits per heavy atom. The fraction of sp³-hybridized carbons (Fsp3) is 1.00. The number of nitrogens with two attached hydrogens (primary N) is 1. The van der Waals surface area contributed by atoms with Gasteiger partial charge in [0.2, 0.25) is 0 Å². The van der Waals surface area contributed by atoms with E-state index in [-0.39, 0.29) is 0 Å². The highest BCUT2D eigenvalue weighted by molar-refractivity contribution is 7.87. The predicted octanol–water partition coefficient (Wildman–Crippen LogP) is 0.750. The van der Waals surface area contributed by atoms with E-state index in [0.29, 0.717) is 12.5 Å². The maximum Gasteiger partial charge on any atom is 0.274 e. The minimum Gasteiger partial charge on any atom is -0.216 e. The van der Waals surface area contributed by atoms with Crippen molar-refractivity contribution < 1.29 is 8.42 Å². The van der Waals surface area contributed by atoms with Gasteiger partial charge < -0.3 is 0 Å². The second-order valence-electron chi connectivity index (χ2n) is 3.73. The summed E-state index contributed by atoms with van der Waals surface area (Å²) < 4.78 is 23.4. The van der Waals surface area contributed by atoms with Crippen LogP contribution >= 0.6 is 0 Å². The van der Waals surface area contributed by atoms with Gasteiger partial charge in [0.05, 0.1) is 0 Å². The molecule has 0 aromatic heterocycles. The second kappa shape index (κ2) is 4.93. The molecular weight excluding hydrogens is 188 g/mol. The Labute approximate surface area is 80.1 Å². The molecule has 0 bridgehead atoms. The molecule has 0 radical (unpaired) electrons. The first-order valence-electron chi connectivity index (χ1n) is 4.85. The van der Waals surface area contributed by atoms with Gasteiger partial charge in [-0.15, -0.1) is 0 Å². The van der Waals surface area contributed by atoms with Crippen molar-refractivity contribution in [3.8, 4) is 0 Å². The number of rotatable bonds is 4. The fourth-order valence-corrected chi connectivity index (χ4v) is 2.28. The first kappa shape index (κ1) is 10.9. The summed E-state index contributed by atoms with van der Waals surface area (Å²) in [4.78, 5) is 0. The van der Waals surface area contributed by atoms with Crippen molar-refractivity contribution >= 4 is 10.2 Å². The molecule has 4 nitrogen and oxygen atoms in total. The van der Waals surface area contributed by atoms with E-state index >= 15 is 0 Å². The Morgan fingerprint density at radius 3 is 2.38 bits per heavy atom. The standard InChI is InChI=1S/C8H18N2O2S/c9-13(11,12)10-7-6-8-4-2-1-3-5-8/h8,10H,1-7H2,(H2,9,11,12). The van der Waals surface area contributed by atoms with Gasteiger partial charge in [0.1, 0.15) is 0 Å². The predicted molar refractivity (Wildman–Crippen MR) is 52.3 cm³/mol. The first-order valence-corrected chi connectivity index (χ1v) is 6.40. The molecule has 0 heterocycles. The van der Waals surface area contributed by atoms with Gasteiger partial charge in [-0.2, -0.15) is 8.42 Å². The zero-order valence-corrected chi connectivity index (χ0v) is 8.65. The van der Waals surface area contributed by atoms with Gasteiger partial charge in [0, 0.05) is 6.54 Å². The van der Waals surface area contributed by atoms with Crippen LogP contribution in [0.3, 0.4) is 0 Å². The third-order valence-electron chi connectivity index (χ3n) is 2.58. The molecule has 78 valence electrons. The Kier molecular flexibility index (Phi) is 4.15. The first-order chi connectivity index (χ1) is 6.08. The van der Waals surface area contributed by atoms with Crippen LogP contribution in [0.4, 0.5) is 0 Å². The van der Waals surface area contributed by atoms with Crippen LogP contribution in [0.5, 0.6) is 0 Å². The van der Waals surface area contributed by atoms with Crippen LogP contribution in [-0.4, -0.2) is 15.0 Å². The third kappa shape index (κ3) is 5.23. The lowest BCUT2D eigenvalue weighted by molar-refractivity contribution is 0.340. The summed E-state index contributed by atoms with van der Waals surface area (Å²) in [6.07, 6.45) is 7.33. The van der Waals surface area contributed by atoms with E-state index in [0.717, 1.165) is 6.42 Å². The van der Waals surface area contributed by atoms with Gasteiger partial charge in [-0.1, -0.05) is 32.1 Å². The number of nitrogens with one attached hydrogen (secondary N) is 1. The Bertz CT molecular complexity index is 233. The molecule has 0 atom stereocenters. The summed E-state index contributed by atoms with van der Waals surface area (Å²) in [5, 5.41) is 4.81. The van der Waals surface area contributed by atoms with Crippen molar-refractivity contribution in [1.82, 2.24) is 4.72 Å². The van der Waals surface area contributed by atoms with Crippen molar-refractivity contribution in [3.05, 3.63) is 0 Å². The van der Waals surface area contributed by atoms with Crippen molar-refractivity contribution in [2.24, 2.45) is 11.1 Å². The van der Waals surface area contributed by atoms with E-state index in [1.165, 1.54) is 32.1 Å². The molecule has 13 heavy (non-hydrogen) atoms. The highest BCUT2D eigenvalue weighted by atomic mass is 32.2. The topological polar surface area (TPSA) is 72.2 Å². The van der Waals surface area contributed by atoms with E-state index in [4.69, 9.17) is 5.14 Å². The zero-order valence-electron chi connectivity index (χ0n) is 7.83. The maximum atomic E-state index is 10.5. The molecule has 0 amide bonds. The van der Waals surface area contributed by atoms with Crippen molar-refractivity contribution in [2.45, 2.75) is 38.5 Å². The highest BCUT2D eigenvalue weighted by Crippen LogP contribution is 2.25. The molecule has 1 fully saturated rings. The summed E-state index contributed by atoms with van der Waals surface area (Å²) in [6.45, 7) is 0.490. The number of hydrogen-bond donors (Lipinski definition) is 2. The van der Waals surface area contributed by atoms with Crippen LogP contribution < -0.4 is 9.86 Å². The molecule has 0 spiro atoms. The van der Waals surface area contributed by atoms with Gasteiger partial charge >= 0.3 is 0 Å². The average molecular weight is 206 g/mol. The molecule has 3 N–H and O–H groups in total. The largest absolute Gasteiger partial charge is 0.274 e. The van der Waals surface area contributed by atoms with Crippen LogP contribution in [0.1, 0.15) is 38.5 Å². The molecule has 0 unspecified atom stereocenters. The fourth-order valence-electron chi connectivity index (χ4n) is 1.88. The molecule has 0 aromatic carbocycles. The Balaban J connectivity index is 2.11. The van der Waals surface area contributed by atoms with Gasteiger partial charge in [0.15, 0.2) is 0 Å². The normalized spacial score (nSPS) is 20.4. The average Bonchev–Trinajstić information content (AvgIpc) is 2.04. The maximum absolute atomic E-state index is 10.5. The quantitative estimate of drug-likeness (QED) is 0.712. The Hall–Kier alpha value is -0.130. The van der Waals surface area contributed by atoms with Gasteiger partial charge in [-0.25, -0.2) is 9.86 Å². The summed E-state index contributed by atoms with van der Waals surface area (Å²) >= 11 is 0. The zero-order chi connectivity index (χ0) is 9.73. The summed E-state index contributed by atoms with van der Waals surface area (Å²) in [6, 6.07) is 0. The lowest BCUT2D eigenvalue weighted by Crippen LogP contribution is -2.32. The lowest BCUT2D eigenvalue weighted by atomic mass is 9.87. The van der Waals surface area contributed by atoms with Crippen LogP contribution in [0.25, 0.3) is 0 Å². The van der Waals surface area contributed by atoms with Gasteiger partial charge in [-0.05, 0) is 12.3 Å². The number of hydrogen-bond acceptors (Lipinski definition) is 2. The van der Waals surface area contributed by atoms with E-state index in [1.807, 2.05) is 0 Å². The minimum atomic E-state index is -3.47. The van der Waals surface area contributed by atoms with E-state index in [1.54, 1.807) is 0 Å². The third-order valence-corrected chi connectivity index (χ3v) is 3.19. The molecule has 0 saturated heterocycles. The monoisotopic (exact) mass is 206 g/mol. The van der Waals surface area contributed by atoms with E-state index in [9.17, 15) is 8.42 Å². The second-order valence-corrected chi connectivity index (χ2v) is 5.11. The SMILES string of the molecule is NS(=O)(=O)NCCC1CCCCC1. The molecule has 0 aliphatic heterocycles. The van der Waals surface area contributed by atoms with Crippen molar-refractivity contribution in [2.75, 3.05) is 6.54 Å². The highest BCUT2D eigenvalue weighted by Gasteiger charge is 2.13. The van der Waals surface area contributed by atoms with Crippen LogP contribution in [0.15, 0.2) is 0 Å². The molecular formula is C8H18N2O2S. The smallest absolute Gasteiger partial charge is 0.216 e. The molecule has 0 aromatic rings. The molecule has 1 saturated carbocycles. The van der Waals surface area contributed by atoms with Crippen LogP contribution in [0, 0.1) is 5.92 Å². The van der Waals surface area contributed by atoms with Crippen LogP contribution in [0.2, 0.25) is 0 Å². The van der Waals surface area contributed by atoms with Gasteiger partial charge in [0.25, 0.3) is 10.2 Å². The summed E-state index contributed by atoms with van der Waals surface area (Å²) in [5.41, 5.74) is 0. The molecule has 1 aliphatic rings. The van der Waals surface area contributed by atoms with Crippen molar-refractivity contribution in [1.29, 1.82) is 0 Å². The molecule has 5 heteroatoms. The summed E-state index contributed by atoms with van der Waals surface area (Å²) in [5.74, 6) is 0.697. The Morgan fingerprint density at radius 2 is 1.85 bits per heavy atom. The summed E-state index contributed by atoms with van der Waals surface area (Å²) in [7, 11) is -3.47. The molecule has 1 rings (SSSR count). The minimum absolute atomic E-state index is 0.490. The van der Waals surface area contributed by atoms with Crippen LogP contribution in [-0.2, 0) is 10.2 Å². The lowest BCUT2D eigenvalue weighted by Gasteiger charge is -2.21. The van der Waals surface area contributed by atoms with E-state index in [2.05, 4.69) is 4.72 Å². The molecule has 1 aliphatic carbocycles. The van der Waals surface area contributed by atoms with Gasteiger partial charge in [-0.3, -0.25) is 0 Å². The van der Waals surface area contributed by atoms with E-state index < -0.39 is 10.2 Å².